The summed E-state index contributed by atoms with van der Waals surface area (Å²) in [4.78, 5) is 4.08. The van der Waals surface area contributed by atoms with E-state index in [1.807, 2.05) is 0 Å². The summed E-state index contributed by atoms with van der Waals surface area (Å²) in [7, 11) is 1.61. The summed E-state index contributed by atoms with van der Waals surface area (Å²) in [6, 6.07) is 4.74. The minimum atomic E-state index is -0.377. The number of thiocarbonyl (C=S) groups is 1. The van der Waals surface area contributed by atoms with Crippen LogP contribution in [0, 0.1) is 5.82 Å². The van der Waals surface area contributed by atoms with Gasteiger partial charge in [0.15, 0.2) is 5.82 Å². The largest absolute Gasteiger partial charge is 0.383 e. The lowest BCUT2D eigenvalue weighted by atomic mass is 10.1. The Balaban J connectivity index is 2.25. The van der Waals surface area contributed by atoms with Crippen LogP contribution in [0.1, 0.15) is 5.56 Å². The predicted molar refractivity (Wildman–Crippen MR) is 70.0 cm³/mol. The molecular weight excluding hydrogens is 253 g/mol. The van der Waals surface area contributed by atoms with Gasteiger partial charge < -0.3 is 4.74 Å². The van der Waals surface area contributed by atoms with Crippen molar-refractivity contribution in [2.24, 2.45) is 0 Å². The molecule has 94 valence electrons. The quantitative estimate of drug-likeness (QED) is 0.776. The molecule has 0 saturated heterocycles. The third-order valence-corrected chi connectivity index (χ3v) is 2.70. The molecule has 0 spiro atoms. The van der Waals surface area contributed by atoms with Crippen LogP contribution in [-0.2, 0) is 11.3 Å². The number of hydrogen-bond acceptors (Lipinski definition) is 4. The van der Waals surface area contributed by atoms with Crippen LogP contribution >= 0.6 is 12.2 Å². The van der Waals surface area contributed by atoms with E-state index in [1.165, 1.54) is 11.4 Å². The number of nitrogens with zero attached hydrogens (tertiary/aromatic N) is 3. The van der Waals surface area contributed by atoms with Crippen molar-refractivity contribution in [3.8, 4) is 11.4 Å². The summed E-state index contributed by atoms with van der Waals surface area (Å²) < 4.78 is 20.4. The summed E-state index contributed by atoms with van der Waals surface area (Å²) in [5.74, 6) is -0.0161. The maximum Gasteiger partial charge on any atom is 0.184 e. The van der Waals surface area contributed by atoms with Gasteiger partial charge in [-0.2, -0.15) is 5.10 Å². The molecule has 0 aliphatic heterocycles. The molecule has 1 aromatic carbocycles. The zero-order valence-electron chi connectivity index (χ0n) is 9.84. The first-order chi connectivity index (χ1) is 8.74. The van der Waals surface area contributed by atoms with Crippen molar-refractivity contribution in [3.63, 3.8) is 0 Å². The van der Waals surface area contributed by atoms with E-state index in [0.29, 0.717) is 30.1 Å². The second-order valence-corrected chi connectivity index (χ2v) is 3.92. The van der Waals surface area contributed by atoms with Crippen LogP contribution in [0.15, 0.2) is 24.5 Å². The molecule has 0 aliphatic rings. The highest BCUT2D eigenvalue weighted by Crippen LogP contribution is 2.19. The minimum Gasteiger partial charge on any atom is -0.383 e. The summed E-state index contributed by atoms with van der Waals surface area (Å²) in [6.07, 6.45) is 1.56. The molecule has 6 heteroatoms. The van der Waals surface area contributed by atoms with Gasteiger partial charge in [0, 0.05) is 12.5 Å². The molecule has 0 atom stereocenters. The van der Waals surface area contributed by atoms with Crippen LogP contribution in [0.25, 0.3) is 11.4 Å². The molecule has 0 N–H and O–H groups in total. The second kappa shape index (κ2) is 5.79. The molecule has 1 heterocycles. The van der Waals surface area contributed by atoms with E-state index in [-0.39, 0.29) is 5.82 Å². The number of benzene rings is 1. The molecule has 4 nitrogen and oxygen atoms in total. The van der Waals surface area contributed by atoms with Gasteiger partial charge in [-0.3, -0.25) is 4.68 Å². The Morgan fingerprint density at radius 3 is 3.00 bits per heavy atom. The van der Waals surface area contributed by atoms with Crippen LogP contribution in [0.5, 0.6) is 0 Å². The van der Waals surface area contributed by atoms with Gasteiger partial charge in [-0.1, -0.05) is 18.3 Å². The first kappa shape index (κ1) is 12.8. The van der Waals surface area contributed by atoms with Crippen LogP contribution in [0.2, 0.25) is 0 Å². The van der Waals surface area contributed by atoms with E-state index in [1.54, 1.807) is 30.3 Å². The fourth-order valence-corrected chi connectivity index (χ4v) is 1.64. The van der Waals surface area contributed by atoms with Gasteiger partial charge >= 0.3 is 0 Å². The van der Waals surface area contributed by atoms with Crippen molar-refractivity contribution in [2.75, 3.05) is 13.7 Å². The van der Waals surface area contributed by atoms with Crippen molar-refractivity contribution in [2.45, 2.75) is 6.54 Å². The van der Waals surface area contributed by atoms with E-state index in [0.717, 1.165) is 0 Å². The topological polar surface area (TPSA) is 39.9 Å². The van der Waals surface area contributed by atoms with Gasteiger partial charge in [-0.05, 0) is 17.7 Å². The van der Waals surface area contributed by atoms with Gasteiger partial charge in [0.1, 0.15) is 12.1 Å². The van der Waals surface area contributed by atoms with Crippen molar-refractivity contribution in [1.82, 2.24) is 14.8 Å². The lowest BCUT2D eigenvalue weighted by molar-refractivity contribution is 0.183. The van der Waals surface area contributed by atoms with Crippen LogP contribution in [0.4, 0.5) is 4.39 Å². The summed E-state index contributed by atoms with van der Waals surface area (Å²) in [5.41, 5.74) is 1.02. The molecule has 2 rings (SSSR count). The Morgan fingerprint density at radius 2 is 2.33 bits per heavy atom. The summed E-state index contributed by atoms with van der Waals surface area (Å²) >= 11 is 4.75. The molecule has 0 saturated carbocycles. The van der Waals surface area contributed by atoms with E-state index in [9.17, 15) is 4.39 Å². The zero-order chi connectivity index (χ0) is 13.0. The smallest absolute Gasteiger partial charge is 0.184 e. The van der Waals surface area contributed by atoms with E-state index in [4.69, 9.17) is 17.0 Å². The van der Waals surface area contributed by atoms with E-state index < -0.39 is 0 Å². The number of methoxy groups -OCH3 is 1. The predicted octanol–water partition coefficient (Wildman–Crippen LogP) is 2.08. The monoisotopic (exact) mass is 265 g/mol. The van der Waals surface area contributed by atoms with E-state index in [2.05, 4.69) is 10.1 Å². The van der Waals surface area contributed by atoms with Crippen molar-refractivity contribution in [3.05, 3.63) is 35.9 Å². The standard InChI is InChI=1S/C12H12FN3OS/c1-17-5-4-16-8-14-12(15-16)10-3-2-9(7-18)6-11(10)13/h2-3,6-8H,4-5H2,1H3. The van der Waals surface area contributed by atoms with Crippen molar-refractivity contribution < 1.29 is 9.13 Å². The molecule has 0 amide bonds. The Morgan fingerprint density at radius 1 is 1.50 bits per heavy atom. The Hall–Kier alpha value is -1.66. The van der Waals surface area contributed by atoms with Crippen LogP contribution in [0.3, 0.4) is 0 Å². The maximum atomic E-state index is 13.8. The van der Waals surface area contributed by atoms with Gasteiger partial charge in [0.25, 0.3) is 0 Å². The highest BCUT2D eigenvalue weighted by molar-refractivity contribution is 7.79. The van der Waals surface area contributed by atoms with Gasteiger partial charge in [-0.15, -0.1) is 0 Å². The number of aromatic nitrogens is 3. The average molecular weight is 265 g/mol. The first-order valence-corrected chi connectivity index (χ1v) is 5.85. The maximum absolute atomic E-state index is 13.8. The lowest BCUT2D eigenvalue weighted by Crippen LogP contribution is -2.04. The molecule has 1 aromatic heterocycles. The second-order valence-electron chi connectivity index (χ2n) is 3.68. The molecular formula is C12H12FN3OS. The van der Waals surface area contributed by atoms with Crippen molar-refractivity contribution in [1.29, 1.82) is 0 Å². The van der Waals surface area contributed by atoms with Crippen LogP contribution in [-0.4, -0.2) is 33.8 Å². The van der Waals surface area contributed by atoms with E-state index >= 15 is 0 Å². The molecule has 0 bridgehead atoms. The number of ether oxygens (including phenoxy) is 1. The molecule has 0 aliphatic carbocycles. The first-order valence-electron chi connectivity index (χ1n) is 5.38. The highest BCUT2D eigenvalue weighted by atomic mass is 32.1. The summed E-state index contributed by atoms with van der Waals surface area (Å²) in [6.45, 7) is 1.12. The van der Waals surface area contributed by atoms with Gasteiger partial charge in [-0.25, -0.2) is 9.37 Å². The minimum absolute atomic E-state index is 0.361. The fourth-order valence-electron chi connectivity index (χ4n) is 1.50. The number of hydrogen-bond donors (Lipinski definition) is 0. The SMILES string of the molecule is COCCn1cnc(-c2ccc(C=S)cc2F)n1. The van der Waals surface area contributed by atoms with Crippen LogP contribution < -0.4 is 0 Å². The Kier molecular flexibility index (Phi) is 4.11. The average Bonchev–Trinajstić information content (AvgIpc) is 2.84. The molecule has 0 radical (unpaired) electrons. The fraction of sp³-hybridized carbons (Fsp3) is 0.250. The molecule has 2 aromatic rings. The number of halogens is 1. The lowest BCUT2D eigenvalue weighted by Gasteiger charge is -2.00. The van der Waals surface area contributed by atoms with Gasteiger partial charge in [0.2, 0.25) is 0 Å². The third kappa shape index (κ3) is 2.77. The Bertz CT molecular complexity index is 556. The number of rotatable bonds is 5. The van der Waals surface area contributed by atoms with Crippen molar-refractivity contribution >= 4 is 17.6 Å². The summed E-state index contributed by atoms with van der Waals surface area (Å²) in [5, 5.41) is 5.61. The Labute approximate surface area is 109 Å². The zero-order valence-corrected chi connectivity index (χ0v) is 10.7. The highest BCUT2D eigenvalue weighted by Gasteiger charge is 2.10. The molecule has 0 unspecified atom stereocenters. The van der Waals surface area contributed by atoms with Gasteiger partial charge in [0.05, 0.1) is 18.7 Å². The third-order valence-electron chi connectivity index (χ3n) is 2.43. The molecule has 18 heavy (non-hydrogen) atoms. The normalized spacial score (nSPS) is 10.6. The molecule has 0 fully saturated rings.